The first-order valence-corrected chi connectivity index (χ1v) is 6.32. The molecule has 1 aromatic carbocycles. The molecule has 1 unspecified atom stereocenters. The van der Waals surface area contributed by atoms with Crippen LogP contribution in [0.4, 0.5) is 13.2 Å². The third-order valence-corrected chi connectivity index (χ3v) is 3.01. The zero-order valence-corrected chi connectivity index (χ0v) is 12.2. The predicted octanol–water partition coefficient (Wildman–Crippen LogP) is 4.44. The molecule has 4 heteroatoms. The molecule has 108 valence electrons. The van der Waals surface area contributed by atoms with Crippen molar-refractivity contribution < 1.29 is 13.2 Å². The van der Waals surface area contributed by atoms with Crippen molar-refractivity contribution in [3.05, 3.63) is 35.4 Å². The van der Waals surface area contributed by atoms with Crippen LogP contribution in [-0.4, -0.2) is 25.2 Å². The monoisotopic (exact) mass is 273 g/mol. The number of alkyl halides is 3. The van der Waals surface area contributed by atoms with Crippen LogP contribution in [0.1, 0.15) is 37.8 Å². The van der Waals surface area contributed by atoms with Gasteiger partial charge in [-0.1, -0.05) is 45.0 Å². The minimum absolute atomic E-state index is 0.336. The lowest BCUT2D eigenvalue weighted by Crippen LogP contribution is -2.32. The maximum Gasteiger partial charge on any atom is 0.396 e. The molecule has 0 saturated carbocycles. The summed E-state index contributed by atoms with van der Waals surface area (Å²) in [6.07, 6.45) is -4.22. The van der Waals surface area contributed by atoms with E-state index in [4.69, 9.17) is 0 Å². The summed E-state index contributed by atoms with van der Waals surface area (Å²) >= 11 is 0. The summed E-state index contributed by atoms with van der Waals surface area (Å²) in [5.74, 6) is -1.44. The Morgan fingerprint density at radius 2 is 1.47 bits per heavy atom. The fourth-order valence-corrected chi connectivity index (χ4v) is 2.36. The summed E-state index contributed by atoms with van der Waals surface area (Å²) < 4.78 is 39.6. The minimum atomic E-state index is -4.22. The molecule has 0 amide bonds. The van der Waals surface area contributed by atoms with Crippen molar-refractivity contribution in [3.63, 3.8) is 0 Å². The van der Waals surface area contributed by atoms with Gasteiger partial charge >= 0.3 is 6.18 Å². The second kappa shape index (κ2) is 5.53. The highest BCUT2D eigenvalue weighted by molar-refractivity contribution is 5.27. The molecule has 1 atom stereocenters. The van der Waals surface area contributed by atoms with E-state index in [2.05, 4.69) is 0 Å². The Hall–Kier alpha value is -1.03. The van der Waals surface area contributed by atoms with Gasteiger partial charge in [0.1, 0.15) is 0 Å². The second-order valence-corrected chi connectivity index (χ2v) is 6.32. The summed E-state index contributed by atoms with van der Waals surface area (Å²) in [5, 5.41) is 0. The van der Waals surface area contributed by atoms with Gasteiger partial charge < -0.3 is 4.90 Å². The van der Waals surface area contributed by atoms with E-state index in [1.807, 2.05) is 19.0 Å². The Morgan fingerprint density at radius 1 is 1.00 bits per heavy atom. The van der Waals surface area contributed by atoms with Crippen molar-refractivity contribution in [1.29, 1.82) is 0 Å². The van der Waals surface area contributed by atoms with E-state index >= 15 is 0 Å². The normalized spacial score (nSPS) is 14.8. The molecule has 0 spiro atoms. The fourth-order valence-electron chi connectivity index (χ4n) is 2.36. The van der Waals surface area contributed by atoms with E-state index in [9.17, 15) is 13.2 Å². The lowest BCUT2D eigenvalue weighted by Gasteiger charge is -2.33. The SMILES string of the molecule is CN(C)Cc1ccc(C(C(C)(C)C)C(F)(F)F)cc1. The molecular weight excluding hydrogens is 251 g/mol. The first-order chi connectivity index (χ1) is 8.51. The minimum Gasteiger partial charge on any atom is -0.305 e. The first-order valence-electron chi connectivity index (χ1n) is 6.32. The third-order valence-electron chi connectivity index (χ3n) is 3.01. The molecule has 0 fully saturated rings. The van der Waals surface area contributed by atoms with Crippen LogP contribution in [0.25, 0.3) is 0 Å². The largest absolute Gasteiger partial charge is 0.396 e. The summed E-state index contributed by atoms with van der Waals surface area (Å²) in [6.45, 7) is 5.60. The van der Waals surface area contributed by atoms with Crippen molar-refractivity contribution in [3.8, 4) is 0 Å². The highest BCUT2D eigenvalue weighted by atomic mass is 19.4. The third kappa shape index (κ3) is 4.53. The van der Waals surface area contributed by atoms with E-state index in [0.29, 0.717) is 5.56 Å². The molecule has 0 heterocycles. The van der Waals surface area contributed by atoms with Crippen LogP contribution in [0.5, 0.6) is 0 Å². The lowest BCUT2D eigenvalue weighted by atomic mass is 9.76. The number of rotatable bonds is 3. The van der Waals surface area contributed by atoms with Gasteiger partial charge in [0.15, 0.2) is 0 Å². The van der Waals surface area contributed by atoms with Crippen molar-refractivity contribution in [2.75, 3.05) is 14.1 Å². The Morgan fingerprint density at radius 3 is 1.79 bits per heavy atom. The molecule has 0 N–H and O–H groups in total. The first kappa shape index (κ1) is 16.0. The van der Waals surface area contributed by atoms with Crippen LogP contribution in [-0.2, 0) is 6.54 Å². The number of hydrogen-bond donors (Lipinski definition) is 0. The van der Waals surface area contributed by atoms with Crippen molar-refractivity contribution in [2.45, 2.75) is 39.4 Å². The zero-order valence-electron chi connectivity index (χ0n) is 12.2. The van der Waals surface area contributed by atoms with Crippen LogP contribution in [0.2, 0.25) is 0 Å². The Kier molecular flexibility index (Phi) is 4.67. The van der Waals surface area contributed by atoms with Crippen molar-refractivity contribution in [2.24, 2.45) is 5.41 Å². The zero-order chi connectivity index (χ0) is 14.8. The van der Waals surface area contributed by atoms with E-state index < -0.39 is 17.5 Å². The van der Waals surface area contributed by atoms with E-state index in [1.54, 1.807) is 45.0 Å². The quantitative estimate of drug-likeness (QED) is 0.787. The van der Waals surface area contributed by atoms with Gasteiger partial charge in [0, 0.05) is 6.54 Å². The molecule has 1 rings (SSSR count). The van der Waals surface area contributed by atoms with Gasteiger partial charge in [-0.3, -0.25) is 0 Å². The van der Waals surface area contributed by atoms with E-state index in [-0.39, 0.29) is 0 Å². The highest BCUT2D eigenvalue weighted by Gasteiger charge is 2.47. The molecule has 0 aromatic heterocycles. The molecule has 0 aliphatic carbocycles. The Bertz CT molecular complexity index is 385. The molecule has 0 radical (unpaired) electrons. The molecule has 19 heavy (non-hydrogen) atoms. The number of nitrogens with zero attached hydrogens (tertiary/aromatic N) is 1. The fraction of sp³-hybridized carbons (Fsp3) is 0.600. The molecule has 0 aliphatic heterocycles. The van der Waals surface area contributed by atoms with Crippen LogP contribution < -0.4 is 0 Å². The summed E-state index contributed by atoms with van der Waals surface area (Å²) in [5.41, 5.74) is 0.507. The van der Waals surface area contributed by atoms with Crippen molar-refractivity contribution >= 4 is 0 Å². The maximum absolute atomic E-state index is 13.2. The predicted molar refractivity (Wildman–Crippen MR) is 72.1 cm³/mol. The van der Waals surface area contributed by atoms with Crippen molar-refractivity contribution in [1.82, 2.24) is 4.90 Å². The summed E-state index contributed by atoms with van der Waals surface area (Å²) in [6, 6.07) is 6.75. The maximum atomic E-state index is 13.2. The number of halogens is 3. The van der Waals surface area contributed by atoms with E-state index in [0.717, 1.165) is 12.1 Å². The smallest absolute Gasteiger partial charge is 0.305 e. The van der Waals surface area contributed by atoms with Gasteiger partial charge in [0.05, 0.1) is 5.92 Å². The van der Waals surface area contributed by atoms with Gasteiger partial charge in [-0.15, -0.1) is 0 Å². The molecule has 1 aromatic rings. The van der Waals surface area contributed by atoms with Gasteiger partial charge in [0.25, 0.3) is 0 Å². The molecule has 0 bridgehead atoms. The van der Waals surface area contributed by atoms with Crippen LogP contribution in [0.3, 0.4) is 0 Å². The topological polar surface area (TPSA) is 3.24 Å². The molecular formula is C15H22F3N. The van der Waals surface area contributed by atoms with E-state index in [1.165, 1.54) is 0 Å². The van der Waals surface area contributed by atoms with Gasteiger partial charge in [0.2, 0.25) is 0 Å². The molecule has 0 aliphatic rings. The standard InChI is InChI=1S/C15H22F3N/c1-14(2,3)13(15(16,17)18)12-8-6-11(7-9-12)10-19(4)5/h6-9,13H,10H2,1-5H3. The second-order valence-electron chi connectivity index (χ2n) is 6.32. The van der Waals surface area contributed by atoms with Crippen LogP contribution in [0.15, 0.2) is 24.3 Å². The highest BCUT2D eigenvalue weighted by Crippen LogP contribution is 2.46. The average Bonchev–Trinajstić information content (AvgIpc) is 2.15. The van der Waals surface area contributed by atoms with Gasteiger partial charge in [-0.25, -0.2) is 0 Å². The Balaban J connectivity index is 3.05. The number of benzene rings is 1. The summed E-state index contributed by atoms with van der Waals surface area (Å²) in [4.78, 5) is 1.99. The van der Waals surface area contributed by atoms with Gasteiger partial charge in [-0.05, 0) is 30.6 Å². The van der Waals surface area contributed by atoms with Crippen LogP contribution >= 0.6 is 0 Å². The number of hydrogen-bond acceptors (Lipinski definition) is 1. The Labute approximate surface area is 113 Å². The molecule has 0 saturated heterocycles. The molecule has 1 nitrogen and oxygen atoms in total. The van der Waals surface area contributed by atoms with Crippen LogP contribution in [0, 0.1) is 5.41 Å². The average molecular weight is 273 g/mol. The van der Waals surface area contributed by atoms with Gasteiger partial charge in [-0.2, -0.15) is 13.2 Å². The lowest BCUT2D eigenvalue weighted by molar-refractivity contribution is -0.171. The summed E-state index contributed by atoms with van der Waals surface area (Å²) in [7, 11) is 3.86.